The smallest absolute Gasteiger partial charge is 0.220 e. The predicted molar refractivity (Wildman–Crippen MR) is 231 cm³/mol. The van der Waals surface area contributed by atoms with E-state index in [4.69, 9.17) is 18.9 Å². The van der Waals surface area contributed by atoms with E-state index in [1.165, 1.54) is 83.5 Å². The number of hydrogen-bond donors (Lipinski definition) is 9. The molecule has 60 heavy (non-hydrogen) atoms. The Bertz CT molecular complexity index is 1110. The molecule has 12 atom stereocenters. The number of rotatable bonds is 35. The lowest BCUT2D eigenvalue weighted by atomic mass is 9.97. The van der Waals surface area contributed by atoms with Crippen LogP contribution in [-0.2, 0) is 23.7 Å². The van der Waals surface area contributed by atoms with E-state index in [2.05, 4.69) is 31.3 Å². The Kier molecular flexibility index (Phi) is 30.9. The molecule has 2 fully saturated rings. The first-order valence-electron chi connectivity index (χ1n) is 23.6. The first-order valence-corrected chi connectivity index (χ1v) is 23.6. The van der Waals surface area contributed by atoms with Crippen LogP contribution in [0.1, 0.15) is 168 Å². The van der Waals surface area contributed by atoms with Gasteiger partial charge in [-0.05, 0) is 44.9 Å². The summed E-state index contributed by atoms with van der Waals surface area (Å²) in [5.74, 6) is -0.251. The summed E-state index contributed by atoms with van der Waals surface area (Å²) in [4.78, 5) is 13.1. The monoisotopic (exact) mass is 860 g/mol. The first-order chi connectivity index (χ1) is 29.1. The Hall–Kier alpha value is -1.53. The van der Waals surface area contributed by atoms with E-state index >= 15 is 0 Å². The number of aliphatic hydroxyl groups excluding tert-OH is 8. The molecule has 352 valence electrons. The van der Waals surface area contributed by atoms with Gasteiger partial charge in [0.05, 0.1) is 32.0 Å². The van der Waals surface area contributed by atoms with Gasteiger partial charge in [0.25, 0.3) is 0 Å². The molecule has 0 bridgehead atoms. The van der Waals surface area contributed by atoms with Gasteiger partial charge in [-0.2, -0.15) is 0 Å². The maximum atomic E-state index is 13.1. The number of amides is 1. The number of nitrogens with one attached hydrogen (secondary N) is 1. The van der Waals surface area contributed by atoms with Gasteiger partial charge in [0.2, 0.25) is 5.91 Å². The third-order valence-corrected chi connectivity index (χ3v) is 11.6. The van der Waals surface area contributed by atoms with Gasteiger partial charge in [0, 0.05) is 6.42 Å². The van der Waals surface area contributed by atoms with Gasteiger partial charge in [-0.25, -0.2) is 0 Å². The average molecular weight is 860 g/mol. The van der Waals surface area contributed by atoms with Crippen molar-refractivity contribution in [2.75, 3.05) is 19.8 Å². The Balaban J connectivity index is 1.90. The van der Waals surface area contributed by atoms with E-state index < -0.39 is 86.8 Å². The molecule has 14 nitrogen and oxygen atoms in total. The standard InChI is InChI=1S/C46H85NO13/c1-3-5-7-9-11-13-15-17-18-20-22-24-26-28-30-38(51)47-34(35(50)29-27-25-23-21-19-16-14-12-10-8-6-4-2)33-57-45-43(56)41(54)44(37(32-49)59-45)60-46-42(55)40(53)39(52)36(31-48)58-46/h15,17,27,29,34-37,39-46,48-50,52-56H,3-14,16,18-26,28,30-33H2,1-2H3,(H,47,51)/b17-15-,29-27+. The summed E-state index contributed by atoms with van der Waals surface area (Å²) in [6.45, 7) is 2.74. The van der Waals surface area contributed by atoms with Gasteiger partial charge in [-0.1, -0.05) is 141 Å². The molecule has 2 saturated heterocycles. The summed E-state index contributed by atoms with van der Waals surface area (Å²) in [7, 11) is 0. The van der Waals surface area contributed by atoms with Gasteiger partial charge in [0.1, 0.15) is 48.8 Å². The van der Waals surface area contributed by atoms with Crippen LogP contribution < -0.4 is 5.32 Å². The predicted octanol–water partition coefficient (Wildman–Crippen LogP) is 4.99. The minimum atomic E-state index is -1.79. The summed E-state index contributed by atoms with van der Waals surface area (Å²) < 4.78 is 22.6. The number of aliphatic hydroxyl groups is 8. The highest BCUT2D eigenvalue weighted by Gasteiger charge is 2.50. The van der Waals surface area contributed by atoms with E-state index in [1.807, 2.05) is 6.08 Å². The normalized spacial score (nSPS) is 28.4. The lowest BCUT2D eigenvalue weighted by Crippen LogP contribution is -2.65. The summed E-state index contributed by atoms with van der Waals surface area (Å²) >= 11 is 0. The van der Waals surface area contributed by atoms with Crippen molar-refractivity contribution >= 4 is 5.91 Å². The first kappa shape index (κ1) is 54.6. The fourth-order valence-electron chi connectivity index (χ4n) is 7.70. The molecule has 12 unspecified atom stereocenters. The Morgan fingerprint density at radius 3 is 1.58 bits per heavy atom. The van der Waals surface area contributed by atoms with Crippen LogP contribution >= 0.6 is 0 Å². The molecule has 0 aromatic heterocycles. The highest BCUT2D eigenvalue weighted by atomic mass is 16.7. The van der Waals surface area contributed by atoms with Gasteiger partial charge in [-0.3, -0.25) is 4.79 Å². The van der Waals surface area contributed by atoms with E-state index in [-0.39, 0.29) is 18.9 Å². The fourth-order valence-corrected chi connectivity index (χ4v) is 7.70. The molecule has 2 aliphatic heterocycles. The molecular formula is C46H85NO13. The van der Waals surface area contributed by atoms with Crippen molar-refractivity contribution in [1.82, 2.24) is 5.32 Å². The zero-order valence-corrected chi connectivity index (χ0v) is 36.9. The van der Waals surface area contributed by atoms with Gasteiger partial charge < -0.3 is 65.1 Å². The van der Waals surface area contributed by atoms with Crippen LogP contribution in [0, 0.1) is 0 Å². The van der Waals surface area contributed by atoms with Gasteiger partial charge in [0.15, 0.2) is 12.6 Å². The van der Waals surface area contributed by atoms with Crippen LogP contribution in [0.15, 0.2) is 24.3 Å². The van der Waals surface area contributed by atoms with E-state index in [1.54, 1.807) is 6.08 Å². The minimum absolute atomic E-state index is 0.251. The Morgan fingerprint density at radius 1 is 0.583 bits per heavy atom. The van der Waals surface area contributed by atoms with Crippen molar-refractivity contribution in [2.45, 2.75) is 242 Å². The molecule has 9 N–H and O–H groups in total. The third kappa shape index (κ3) is 21.7. The molecule has 0 spiro atoms. The molecular weight excluding hydrogens is 774 g/mol. The lowest BCUT2D eigenvalue weighted by Gasteiger charge is -2.46. The molecule has 0 aliphatic carbocycles. The molecule has 2 heterocycles. The number of unbranched alkanes of at least 4 members (excludes halogenated alkanes) is 20. The molecule has 0 aromatic carbocycles. The van der Waals surface area contributed by atoms with Crippen LogP contribution in [0.25, 0.3) is 0 Å². The van der Waals surface area contributed by atoms with Crippen LogP contribution in [0.3, 0.4) is 0 Å². The summed E-state index contributed by atoms with van der Waals surface area (Å²) in [6, 6.07) is -0.913. The van der Waals surface area contributed by atoms with Crippen molar-refractivity contribution in [3.63, 3.8) is 0 Å². The minimum Gasteiger partial charge on any atom is -0.394 e. The lowest BCUT2D eigenvalue weighted by molar-refractivity contribution is -0.359. The number of carbonyl (C=O) groups is 1. The zero-order chi connectivity index (χ0) is 44.0. The second kappa shape index (κ2) is 34.0. The SMILES string of the molecule is CCCCCCC/C=C\CCCCCCCC(=O)NC(COC1OC(CO)C(OC2OC(CO)C(O)C(O)C2O)C(O)C1O)C(O)/C=C/CCCCCCCCCCCC. The quantitative estimate of drug-likeness (QED) is 0.0303. The van der Waals surface area contributed by atoms with Crippen molar-refractivity contribution in [2.24, 2.45) is 0 Å². The van der Waals surface area contributed by atoms with Crippen LogP contribution in [0.4, 0.5) is 0 Å². The molecule has 0 saturated carbocycles. The highest BCUT2D eigenvalue weighted by molar-refractivity contribution is 5.76. The number of ether oxygens (including phenoxy) is 4. The summed E-state index contributed by atoms with van der Waals surface area (Å²) in [5, 5.41) is 86.5. The molecule has 14 heteroatoms. The molecule has 2 aliphatic rings. The van der Waals surface area contributed by atoms with Crippen LogP contribution in [-0.4, -0.2) is 140 Å². The van der Waals surface area contributed by atoms with Gasteiger partial charge in [-0.15, -0.1) is 0 Å². The average Bonchev–Trinajstić information content (AvgIpc) is 3.24. The number of allylic oxidation sites excluding steroid dienone is 3. The van der Waals surface area contributed by atoms with Gasteiger partial charge >= 0.3 is 0 Å². The third-order valence-electron chi connectivity index (χ3n) is 11.6. The second-order valence-corrected chi connectivity index (χ2v) is 16.9. The van der Waals surface area contributed by atoms with Crippen LogP contribution in [0.2, 0.25) is 0 Å². The molecule has 2 rings (SSSR count). The molecule has 1 amide bonds. The van der Waals surface area contributed by atoms with Crippen molar-refractivity contribution < 1.29 is 64.6 Å². The Morgan fingerprint density at radius 2 is 1.05 bits per heavy atom. The fraction of sp³-hybridized carbons (Fsp3) is 0.891. The molecule has 0 aromatic rings. The number of carbonyl (C=O) groups excluding carboxylic acids is 1. The van der Waals surface area contributed by atoms with E-state index in [9.17, 15) is 45.6 Å². The van der Waals surface area contributed by atoms with E-state index in [0.29, 0.717) is 6.42 Å². The zero-order valence-electron chi connectivity index (χ0n) is 36.9. The number of hydrogen-bond acceptors (Lipinski definition) is 13. The van der Waals surface area contributed by atoms with Crippen molar-refractivity contribution in [1.29, 1.82) is 0 Å². The molecule has 0 radical (unpaired) electrons. The maximum Gasteiger partial charge on any atom is 0.220 e. The largest absolute Gasteiger partial charge is 0.394 e. The van der Waals surface area contributed by atoms with Crippen molar-refractivity contribution in [3.8, 4) is 0 Å². The highest BCUT2D eigenvalue weighted by Crippen LogP contribution is 2.30. The van der Waals surface area contributed by atoms with E-state index in [0.717, 1.165) is 57.8 Å². The van der Waals surface area contributed by atoms with Crippen LogP contribution in [0.5, 0.6) is 0 Å². The Labute approximate surface area is 360 Å². The summed E-state index contributed by atoms with van der Waals surface area (Å²) in [5.41, 5.74) is 0. The van der Waals surface area contributed by atoms with Crippen molar-refractivity contribution in [3.05, 3.63) is 24.3 Å². The second-order valence-electron chi connectivity index (χ2n) is 16.9. The summed E-state index contributed by atoms with van der Waals surface area (Å²) in [6.07, 6.45) is 17.9. The topological polar surface area (TPSA) is 228 Å². The maximum absolute atomic E-state index is 13.1.